The lowest BCUT2D eigenvalue weighted by molar-refractivity contribution is -0.917. The maximum Gasteiger partial charge on any atom is 0.102 e. The van der Waals surface area contributed by atoms with Crippen molar-refractivity contribution in [2.75, 3.05) is 39.9 Å². The van der Waals surface area contributed by atoms with E-state index in [4.69, 9.17) is 4.74 Å². The predicted octanol–water partition coefficient (Wildman–Crippen LogP) is -1.34. The van der Waals surface area contributed by atoms with E-state index in [1.165, 1.54) is 43.4 Å². The molecule has 0 amide bonds. The second-order valence-corrected chi connectivity index (χ2v) is 4.11. The Labute approximate surface area is 88.3 Å². The molecule has 1 aliphatic heterocycles. The van der Waals surface area contributed by atoms with Gasteiger partial charge < -0.3 is 21.6 Å². The van der Waals surface area contributed by atoms with E-state index in [-0.39, 0.29) is 12.4 Å². The van der Waals surface area contributed by atoms with E-state index in [2.05, 4.69) is 14.0 Å². The third-order valence-electron chi connectivity index (χ3n) is 2.85. The summed E-state index contributed by atoms with van der Waals surface area (Å²) >= 11 is 0. The van der Waals surface area contributed by atoms with Gasteiger partial charge >= 0.3 is 0 Å². The number of unbranched alkanes of at least 4 members (excludes halogenated alkanes) is 2. The highest BCUT2D eigenvalue weighted by molar-refractivity contribution is 4.47. The van der Waals surface area contributed by atoms with E-state index >= 15 is 0 Å². The minimum Gasteiger partial charge on any atom is -1.00 e. The lowest BCUT2D eigenvalue weighted by Gasteiger charge is -2.37. The molecule has 0 aromatic heterocycles. The summed E-state index contributed by atoms with van der Waals surface area (Å²) in [5, 5.41) is 0. The van der Waals surface area contributed by atoms with Gasteiger partial charge in [-0.2, -0.15) is 0 Å². The van der Waals surface area contributed by atoms with Crippen molar-refractivity contribution in [3.05, 3.63) is 0 Å². The fraction of sp³-hybridized carbons (Fsp3) is 1.00. The van der Waals surface area contributed by atoms with Gasteiger partial charge in [-0.3, -0.25) is 0 Å². The largest absolute Gasteiger partial charge is 1.00 e. The van der Waals surface area contributed by atoms with Gasteiger partial charge in [-0.15, -0.1) is 0 Å². The van der Waals surface area contributed by atoms with Crippen LogP contribution in [-0.2, 0) is 4.74 Å². The third-order valence-corrected chi connectivity index (χ3v) is 2.85. The van der Waals surface area contributed by atoms with Crippen LogP contribution in [0.15, 0.2) is 0 Å². The normalized spacial score (nSPS) is 20.8. The molecule has 0 N–H and O–H groups in total. The quantitative estimate of drug-likeness (QED) is 0.410. The number of likely N-dealkylation sites (N-methyl/N-ethyl adjacent to an activating group) is 1. The lowest BCUT2D eigenvalue weighted by atomic mass is 10.2. The van der Waals surface area contributed by atoms with Crippen LogP contribution in [0, 0.1) is 0 Å². The van der Waals surface area contributed by atoms with E-state index in [1.54, 1.807) is 0 Å². The first-order chi connectivity index (χ1) is 5.77. The Bertz CT molecular complexity index is 124. The Morgan fingerprint density at radius 1 is 1.15 bits per heavy atom. The van der Waals surface area contributed by atoms with Crippen molar-refractivity contribution >= 4 is 0 Å². The van der Waals surface area contributed by atoms with Gasteiger partial charge in [-0.25, -0.2) is 0 Å². The second-order valence-electron chi connectivity index (χ2n) is 4.11. The van der Waals surface area contributed by atoms with Gasteiger partial charge in [0, 0.05) is 0 Å². The van der Waals surface area contributed by atoms with Crippen LogP contribution in [0.25, 0.3) is 0 Å². The molecule has 0 atom stereocenters. The molecule has 0 bridgehead atoms. The summed E-state index contributed by atoms with van der Waals surface area (Å²) in [4.78, 5) is 0. The molecule has 0 saturated carbocycles. The Morgan fingerprint density at radius 3 is 2.31 bits per heavy atom. The molecule has 80 valence electrons. The van der Waals surface area contributed by atoms with Crippen molar-refractivity contribution in [2.45, 2.75) is 26.2 Å². The van der Waals surface area contributed by atoms with Crippen LogP contribution in [0.2, 0.25) is 0 Å². The van der Waals surface area contributed by atoms with Crippen molar-refractivity contribution in [3.8, 4) is 0 Å². The molecule has 13 heavy (non-hydrogen) atoms. The minimum absolute atomic E-state index is 0. The number of halogens is 1. The summed E-state index contributed by atoms with van der Waals surface area (Å²) < 4.78 is 6.59. The predicted molar refractivity (Wildman–Crippen MR) is 51.1 cm³/mol. The first-order valence-electron chi connectivity index (χ1n) is 5.18. The first kappa shape index (κ1) is 13.2. The molecule has 2 nitrogen and oxygen atoms in total. The Morgan fingerprint density at radius 2 is 1.77 bits per heavy atom. The zero-order valence-electron chi connectivity index (χ0n) is 8.89. The van der Waals surface area contributed by atoms with Crippen molar-refractivity contribution in [1.29, 1.82) is 0 Å². The summed E-state index contributed by atoms with van der Waals surface area (Å²) in [5.41, 5.74) is 0. The number of ether oxygens (including phenoxy) is 1. The fourth-order valence-corrected chi connectivity index (χ4v) is 1.75. The standard InChI is InChI=1S/C10H22NO.ClH/c1-3-4-5-6-11(2)7-9-12-10-8-11;/h3-10H2,1-2H3;1H/q+1;/p-1. The first-order valence-corrected chi connectivity index (χ1v) is 5.18. The van der Waals surface area contributed by atoms with Crippen molar-refractivity contribution in [2.24, 2.45) is 0 Å². The topological polar surface area (TPSA) is 9.23 Å². The van der Waals surface area contributed by atoms with Gasteiger partial charge in [-0.1, -0.05) is 13.3 Å². The average Bonchev–Trinajstić information content (AvgIpc) is 2.06. The fourth-order valence-electron chi connectivity index (χ4n) is 1.75. The maximum atomic E-state index is 5.36. The highest BCUT2D eigenvalue weighted by atomic mass is 35.5. The third kappa shape index (κ3) is 4.84. The number of morpholine rings is 1. The molecule has 0 aromatic carbocycles. The Balaban J connectivity index is 0.00000144. The Hall–Kier alpha value is 0.210. The van der Waals surface area contributed by atoms with E-state index in [9.17, 15) is 0 Å². The van der Waals surface area contributed by atoms with Crippen molar-refractivity contribution < 1.29 is 21.6 Å². The maximum absolute atomic E-state index is 5.36. The molecule has 1 rings (SSSR count). The summed E-state index contributed by atoms with van der Waals surface area (Å²) in [6, 6.07) is 0. The molecule has 1 aliphatic rings. The lowest BCUT2D eigenvalue weighted by Crippen LogP contribution is -3.00. The highest BCUT2D eigenvalue weighted by Crippen LogP contribution is 2.10. The smallest absolute Gasteiger partial charge is 0.102 e. The van der Waals surface area contributed by atoms with Crippen LogP contribution in [0.1, 0.15) is 26.2 Å². The zero-order valence-corrected chi connectivity index (χ0v) is 9.65. The van der Waals surface area contributed by atoms with Crippen LogP contribution in [-0.4, -0.2) is 44.4 Å². The molecule has 0 spiro atoms. The van der Waals surface area contributed by atoms with Crippen LogP contribution < -0.4 is 12.4 Å². The number of hydrogen-bond acceptors (Lipinski definition) is 1. The molecule has 0 aliphatic carbocycles. The monoisotopic (exact) mass is 207 g/mol. The molecule has 1 heterocycles. The molecule has 1 saturated heterocycles. The number of nitrogens with zero attached hydrogens (tertiary/aromatic N) is 1. The highest BCUT2D eigenvalue weighted by Gasteiger charge is 2.23. The SMILES string of the molecule is CCCCC[N+]1(C)CCOCC1.[Cl-]. The molecular weight excluding hydrogens is 186 g/mol. The zero-order chi connectivity index (χ0) is 8.86. The molecule has 1 fully saturated rings. The van der Waals surface area contributed by atoms with Crippen molar-refractivity contribution in [1.82, 2.24) is 0 Å². The summed E-state index contributed by atoms with van der Waals surface area (Å²) in [5.74, 6) is 0. The van der Waals surface area contributed by atoms with Crippen molar-refractivity contribution in [3.63, 3.8) is 0 Å². The minimum atomic E-state index is 0. The van der Waals surface area contributed by atoms with Gasteiger partial charge in [-0.05, 0) is 12.8 Å². The number of quaternary nitrogens is 1. The van der Waals surface area contributed by atoms with Crippen LogP contribution >= 0.6 is 0 Å². The molecular formula is C10H22ClNO. The molecule has 0 aromatic rings. The summed E-state index contributed by atoms with van der Waals surface area (Å²) in [7, 11) is 2.36. The van der Waals surface area contributed by atoms with E-state index in [1.807, 2.05) is 0 Å². The van der Waals surface area contributed by atoms with Crippen LogP contribution in [0.3, 0.4) is 0 Å². The van der Waals surface area contributed by atoms with E-state index in [0.717, 1.165) is 13.2 Å². The second kappa shape index (κ2) is 6.63. The molecule has 0 radical (unpaired) electrons. The van der Waals surface area contributed by atoms with Gasteiger partial charge in [0.25, 0.3) is 0 Å². The van der Waals surface area contributed by atoms with Gasteiger partial charge in [0.1, 0.15) is 13.1 Å². The number of rotatable bonds is 4. The molecule has 3 heteroatoms. The van der Waals surface area contributed by atoms with Gasteiger partial charge in [0.2, 0.25) is 0 Å². The van der Waals surface area contributed by atoms with E-state index in [0.29, 0.717) is 0 Å². The van der Waals surface area contributed by atoms with Crippen LogP contribution in [0.5, 0.6) is 0 Å². The van der Waals surface area contributed by atoms with Crippen LogP contribution in [0.4, 0.5) is 0 Å². The molecule has 0 unspecified atom stereocenters. The number of hydrogen-bond donors (Lipinski definition) is 0. The summed E-state index contributed by atoms with van der Waals surface area (Å²) in [6.45, 7) is 7.95. The summed E-state index contributed by atoms with van der Waals surface area (Å²) in [6.07, 6.45) is 4.10. The van der Waals surface area contributed by atoms with Gasteiger partial charge in [0.05, 0.1) is 26.8 Å². The van der Waals surface area contributed by atoms with E-state index < -0.39 is 0 Å². The van der Waals surface area contributed by atoms with Gasteiger partial charge in [0.15, 0.2) is 0 Å². The Kier molecular flexibility index (Phi) is 6.74. The average molecular weight is 208 g/mol.